The van der Waals surface area contributed by atoms with Gasteiger partial charge in [0.1, 0.15) is 5.82 Å². The Hall–Kier alpha value is -2.41. The molecule has 130 valence electrons. The average Bonchev–Trinajstić information content (AvgIpc) is 2.97. The van der Waals surface area contributed by atoms with E-state index in [2.05, 4.69) is 4.99 Å². The lowest BCUT2D eigenvalue weighted by molar-refractivity contribution is -0.137. The molecular weight excluding hydrogens is 352 g/mol. The molecule has 0 saturated heterocycles. The number of hydrogen-bond acceptors (Lipinski definition) is 2. The van der Waals surface area contributed by atoms with Gasteiger partial charge in [-0.25, -0.2) is 9.38 Å². The summed E-state index contributed by atoms with van der Waals surface area (Å²) < 4.78 is 53.5. The molecule has 0 atom stereocenters. The van der Waals surface area contributed by atoms with E-state index in [1.807, 2.05) is 16.9 Å². The third kappa shape index (κ3) is 3.82. The van der Waals surface area contributed by atoms with Gasteiger partial charge in [-0.3, -0.25) is 0 Å². The molecule has 3 aromatic rings. The lowest BCUT2D eigenvalue weighted by Gasteiger charge is -2.07. The maximum atomic E-state index is 13.1. The molecule has 7 heteroatoms. The van der Waals surface area contributed by atoms with Crippen molar-refractivity contribution in [1.29, 1.82) is 0 Å². The lowest BCUT2D eigenvalue weighted by atomic mass is 10.2. The number of benzene rings is 2. The van der Waals surface area contributed by atoms with Crippen molar-refractivity contribution in [3.63, 3.8) is 0 Å². The molecule has 0 bridgehead atoms. The van der Waals surface area contributed by atoms with Crippen LogP contribution in [0.3, 0.4) is 0 Å². The zero-order valence-electron chi connectivity index (χ0n) is 13.2. The topological polar surface area (TPSA) is 17.3 Å². The fourth-order valence-corrected chi connectivity index (χ4v) is 3.43. The van der Waals surface area contributed by atoms with Crippen molar-refractivity contribution in [2.75, 3.05) is 0 Å². The van der Waals surface area contributed by atoms with Gasteiger partial charge < -0.3 is 4.57 Å². The fraction of sp³-hybridized carbons (Fsp3) is 0.167. The highest BCUT2D eigenvalue weighted by Gasteiger charge is 2.30. The smallest absolute Gasteiger partial charge is 0.317 e. The molecular formula is C18H14F4N2S. The molecule has 0 N–H and O–H groups in total. The van der Waals surface area contributed by atoms with Crippen LogP contribution >= 0.6 is 11.3 Å². The summed E-state index contributed by atoms with van der Waals surface area (Å²) in [6.07, 6.45) is -4.40. The second kappa shape index (κ2) is 6.84. The lowest BCUT2D eigenvalue weighted by Crippen LogP contribution is -2.14. The summed E-state index contributed by atoms with van der Waals surface area (Å²) in [6.45, 7) is 2.51. The third-order valence-corrected chi connectivity index (χ3v) is 4.52. The molecule has 0 saturated carbocycles. The molecule has 25 heavy (non-hydrogen) atoms. The molecule has 2 nitrogen and oxygen atoms in total. The standard InChI is InChI=1S/C18H14F4N2S/c1-2-24-16(12-6-8-14(19)9-7-12)11-25-17(24)23-15-5-3-4-13(10-15)18(20,21)22/h3-11H,2H2,1H3. The minimum atomic E-state index is -4.40. The van der Waals surface area contributed by atoms with Gasteiger partial charge in [-0.05, 0) is 55.0 Å². The first-order valence-corrected chi connectivity index (χ1v) is 8.42. The molecule has 0 amide bonds. The van der Waals surface area contributed by atoms with E-state index in [0.29, 0.717) is 11.3 Å². The first kappa shape index (κ1) is 17.4. The summed E-state index contributed by atoms with van der Waals surface area (Å²) in [6, 6.07) is 11.0. The molecule has 1 aromatic heterocycles. The van der Waals surface area contributed by atoms with E-state index in [0.717, 1.165) is 23.4 Å². The van der Waals surface area contributed by atoms with Gasteiger partial charge in [0.15, 0.2) is 4.80 Å². The van der Waals surface area contributed by atoms with Gasteiger partial charge in [0.25, 0.3) is 0 Å². The number of alkyl halides is 3. The van der Waals surface area contributed by atoms with Crippen molar-refractivity contribution < 1.29 is 17.6 Å². The highest BCUT2D eigenvalue weighted by molar-refractivity contribution is 7.07. The van der Waals surface area contributed by atoms with Crippen LogP contribution in [0, 0.1) is 5.82 Å². The maximum absolute atomic E-state index is 13.1. The zero-order valence-corrected chi connectivity index (χ0v) is 14.0. The third-order valence-electron chi connectivity index (χ3n) is 3.65. The van der Waals surface area contributed by atoms with E-state index in [4.69, 9.17) is 0 Å². The van der Waals surface area contributed by atoms with Gasteiger partial charge in [0.2, 0.25) is 0 Å². The molecule has 0 aliphatic carbocycles. The molecule has 0 fully saturated rings. The predicted octanol–water partition coefficient (Wildman–Crippen LogP) is 5.63. The molecule has 0 spiro atoms. The Labute approximate surface area is 145 Å². The van der Waals surface area contributed by atoms with E-state index < -0.39 is 11.7 Å². The van der Waals surface area contributed by atoms with Crippen molar-refractivity contribution in [2.24, 2.45) is 4.99 Å². The summed E-state index contributed by atoms with van der Waals surface area (Å²) in [5, 5.41) is 1.86. The van der Waals surface area contributed by atoms with Crippen LogP contribution in [-0.4, -0.2) is 4.57 Å². The van der Waals surface area contributed by atoms with Crippen molar-refractivity contribution in [2.45, 2.75) is 19.6 Å². The highest BCUT2D eigenvalue weighted by Crippen LogP contribution is 2.31. The summed E-state index contributed by atoms with van der Waals surface area (Å²) in [5.41, 5.74) is 1.18. The van der Waals surface area contributed by atoms with E-state index in [1.54, 1.807) is 12.1 Å². The molecule has 2 aromatic carbocycles. The van der Waals surface area contributed by atoms with E-state index in [1.165, 1.54) is 35.6 Å². The SMILES string of the molecule is CCn1c(-c2ccc(F)cc2)csc1=Nc1cccc(C(F)(F)F)c1. The number of aromatic nitrogens is 1. The van der Waals surface area contributed by atoms with Crippen molar-refractivity contribution >= 4 is 17.0 Å². The van der Waals surface area contributed by atoms with Crippen LogP contribution in [0.4, 0.5) is 23.2 Å². The zero-order chi connectivity index (χ0) is 18.0. The monoisotopic (exact) mass is 366 g/mol. The number of halogens is 4. The summed E-state index contributed by atoms with van der Waals surface area (Å²) >= 11 is 1.33. The Morgan fingerprint density at radius 1 is 1.08 bits per heavy atom. The van der Waals surface area contributed by atoms with Gasteiger partial charge in [0.05, 0.1) is 16.9 Å². The number of nitrogens with zero attached hydrogens (tertiary/aromatic N) is 2. The van der Waals surface area contributed by atoms with Crippen LogP contribution in [-0.2, 0) is 12.7 Å². The van der Waals surface area contributed by atoms with Crippen LogP contribution < -0.4 is 4.80 Å². The summed E-state index contributed by atoms with van der Waals surface area (Å²) in [5.74, 6) is -0.323. The number of hydrogen-bond donors (Lipinski definition) is 0. The Morgan fingerprint density at radius 3 is 2.44 bits per heavy atom. The Balaban J connectivity index is 2.06. The first-order chi connectivity index (χ1) is 11.9. The molecule has 0 aliphatic heterocycles. The molecule has 0 aliphatic rings. The van der Waals surface area contributed by atoms with Crippen LogP contribution in [0.1, 0.15) is 12.5 Å². The van der Waals surface area contributed by atoms with Crippen LogP contribution in [0.2, 0.25) is 0 Å². The normalized spacial score (nSPS) is 12.6. The van der Waals surface area contributed by atoms with E-state index >= 15 is 0 Å². The van der Waals surface area contributed by atoms with Gasteiger partial charge >= 0.3 is 6.18 Å². The van der Waals surface area contributed by atoms with Gasteiger partial charge in [0, 0.05) is 11.9 Å². The minimum Gasteiger partial charge on any atom is -0.317 e. The van der Waals surface area contributed by atoms with Crippen LogP contribution in [0.25, 0.3) is 11.3 Å². The molecule has 3 rings (SSSR count). The summed E-state index contributed by atoms with van der Waals surface area (Å²) in [7, 11) is 0. The Morgan fingerprint density at radius 2 is 1.80 bits per heavy atom. The minimum absolute atomic E-state index is 0.240. The quantitative estimate of drug-likeness (QED) is 0.535. The fourth-order valence-electron chi connectivity index (χ4n) is 2.44. The highest BCUT2D eigenvalue weighted by atomic mass is 32.1. The molecule has 1 heterocycles. The maximum Gasteiger partial charge on any atom is 0.416 e. The van der Waals surface area contributed by atoms with E-state index in [-0.39, 0.29) is 11.5 Å². The average molecular weight is 366 g/mol. The Kier molecular flexibility index (Phi) is 4.76. The summed E-state index contributed by atoms with van der Waals surface area (Å²) in [4.78, 5) is 4.94. The first-order valence-electron chi connectivity index (χ1n) is 7.54. The van der Waals surface area contributed by atoms with Crippen molar-refractivity contribution in [3.8, 4) is 11.3 Å². The van der Waals surface area contributed by atoms with Crippen LogP contribution in [0.15, 0.2) is 58.9 Å². The molecule has 0 radical (unpaired) electrons. The van der Waals surface area contributed by atoms with Gasteiger partial charge in [-0.15, -0.1) is 11.3 Å². The molecule has 0 unspecified atom stereocenters. The van der Waals surface area contributed by atoms with Gasteiger partial charge in [-0.2, -0.15) is 13.2 Å². The van der Waals surface area contributed by atoms with E-state index in [9.17, 15) is 17.6 Å². The van der Waals surface area contributed by atoms with Crippen molar-refractivity contribution in [3.05, 3.63) is 70.1 Å². The number of thiazole rings is 1. The largest absolute Gasteiger partial charge is 0.416 e. The number of rotatable bonds is 3. The second-order valence-electron chi connectivity index (χ2n) is 5.31. The predicted molar refractivity (Wildman–Crippen MR) is 90.0 cm³/mol. The second-order valence-corrected chi connectivity index (χ2v) is 6.15. The van der Waals surface area contributed by atoms with Gasteiger partial charge in [-0.1, -0.05) is 6.07 Å². The van der Waals surface area contributed by atoms with Crippen molar-refractivity contribution in [1.82, 2.24) is 4.57 Å². The van der Waals surface area contributed by atoms with Crippen LogP contribution in [0.5, 0.6) is 0 Å². The Bertz CT molecular complexity index is 937.